The number of rotatable bonds is 5. The lowest BCUT2D eigenvalue weighted by Crippen LogP contribution is -1.94. The lowest BCUT2D eigenvalue weighted by molar-refractivity contribution is -0.131. The van der Waals surface area contributed by atoms with Crippen molar-refractivity contribution in [3.8, 4) is 28.0 Å². The molecule has 142 valence electrons. The minimum atomic E-state index is -2.68. The molecule has 0 fully saturated rings. The molecule has 0 spiro atoms. The Balaban J connectivity index is 2.15. The molecular formula is C23H18F2O3. The van der Waals surface area contributed by atoms with Crippen LogP contribution in [-0.4, -0.2) is 16.2 Å². The van der Waals surface area contributed by atoms with Crippen LogP contribution in [-0.2, 0) is 4.79 Å². The van der Waals surface area contributed by atoms with Crippen LogP contribution in [0.15, 0.2) is 66.7 Å². The van der Waals surface area contributed by atoms with Gasteiger partial charge in [-0.05, 0) is 59.0 Å². The van der Waals surface area contributed by atoms with Crippen molar-refractivity contribution >= 4 is 12.0 Å². The maximum Gasteiger partial charge on any atom is 0.328 e. The first-order chi connectivity index (χ1) is 13.3. The van der Waals surface area contributed by atoms with Gasteiger partial charge in [-0.3, -0.25) is 0 Å². The number of carboxylic acid groups (broad SMARTS) is 1. The van der Waals surface area contributed by atoms with Crippen LogP contribution in [0.25, 0.3) is 28.3 Å². The summed E-state index contributed by atoms with van der Waals surface area (Å²) in [6.45, 7) is 1.90. The maximum absolute atomic E-state index is 13.8. The van der Waals surface area contributed by atoms with Gasteiger partial charge in [-0.1, -0.05) is 48.0 Å². The summed E-state index contributed by atoms with van der Waals surface area (Å²) >= 11 is 0. The average molecular weight is 380 g/mol. The van der Waals surface area contributed by atoms with E-state index in [4.69, 9.17) is 5.11 Å². The van der Waals surface area contributed by atoms with E-state index in [1.807, 2.05) is 25.1 Å². The third kappa shape index (κ3) is 4.26. The van der Waals surface area contributed by atoms with Crippen molar-refractivity contribution in [1.82, 2.24) is 0 Å². The summed E-state index contributed by atoms with van der Waals surface area (Å²) < 4.78 is 27.6. The van der Waals surface area contributed by atoms with Crippen LogP contribution in [0.3, 0.4) is 0 Å². The van der Waals surface area contributed by atoms with E-state index < -0.39 is 12.4 Å². The molecule has 0 unspecified atom stereocenters. The van der Waals surface area contributed by atoms with Crippen LogP contribution in [0.1, 0.15) is 23.1 Å². The molecule has 0 radical (unpaired) electrons. The fourth-order valence-corrected chi connectivity index (χ4v) is 3.10. The predicted molar refractivity (Wildman–Crippen MR) is 105 cm³/mol. The highest BCUT2D eigenvalue weighted by molar-refractivity contribution is 5.88. The Morgan fingerprint density at radius 3 is 2.36 bits per heavy atom. The van der Waals surface area contributed by atoms with Gasteiger partial charge in [0.1, 0.15) is 5.75 Å². The fraction of sp³-hybridized carbons (Fsp3) is 0.0870. The van der Waals surface area contributed by atoms with Gasteiger partial charge in [-0.15, -0.1) is 0 Å². The average Bonchev–Trinajstić information content (AvgIpc) is 2.66. The molecule has 28 heavy (non-hydrogen) atoms. The number of aliphatic carboxylic acids is 1. The molecule has 2 N–H and O–H groups in total. The van der Waals surface area contributed by atoms with Gasteiger partial charge >= 0.3 is 5.97 Å². The number of alkyl halides is 2. The van der Waals surface area contributed by atoms with Crippen LogP contribution < -0.4 is 0 Å². The quantitative estimate of drug-likeness (QED) is 0.528. The Hall–Kier alpha value is -3.47. The Kier molecular flexibility index (Phi) is 5.54. The number of aryl methyl sites for hydroxylation is 1. The normalized spacial score (nSPS) is 11.3. The standard InChI is InChI=1S/C23H18F2O3/c1-14-3-2-4-15(11-14)20-8-5-17(13-21(20)23(24)25)19-9-7-18(26)12-16(19)6-10-22(27)28/h2-13,23,26H,1H3,(H,27,28)/b10-6+. The summed E-state index contributed by atoms with van der Waals surface area (Å²) in [5, 5.41) is 18.6. The molecule has 0 saturated carbocycles. The van der Waals surface area contributed by atoms with E-state index in [0.717, 1.165) is 11.6 Å². The number of aromatic hydroxyl groups is 1. The van der Waals surface area contributed by atoms with Crippen molar-refractivity contribution < 1.29 is 23.8 Å². The Morgan fingerprint density at radius 2 is 1.68 bits per heavy atom. The number of phenols is 1. The molecule has 0 aliphatic carbocycles. The molecule has 3 aromatic rings. The fourth-order valence-electron chi connectivity index (χ4n) is 3.10. The van der Waals surface area contributed by atoms with Crippen molar-refractivity contribution in [2.75, 3.05) is 0 Å². The zero-order valence-electron chi connectivity index (χ0n) is 15.1. The van der Waals surface area contributed by atoms with E-state index in [-0.39, 0.29) is 11.3 Å². The smallest absolute Gasteiger partial charge is 0.328 e. The van der Waals surface area contributed by atoms with Gasteiger partial charge in [-0.25, -0.2) is 13.6 Å². The van der Waals surface area contributed by atoms with Gasteiger partial charge < -0.3 is 10.2 Å². The first-order valence-electron chi connectivity index (χ1n) is 8.58. The zero-order valence-corrected chi connectivity index (χ0v) is 15.1. The molecule has 0 heterocycles. The minimum absolute atomic E-state index is 0.0424. The predicted octanol–water partition coefficient (Wildman–Crippen LogP) is 6.07. The van der Waals surface area contributed by atoms with Crippen LogP contribution >= 0.6 is 0 Å². The molecule has 3 aromatic carbocycles. The van der Waals surface area contributed by atoms with Crippen molar-refractivity contribution in [2.24, 2.45) is 0 Å². The van der Waals surface area contributed by atoms with Gasteiger partial charge in [0.15, 0.2) is 0 Å². The first kappa shape index (κ1) is 19.3. The monoisotopic (exact) mass is 380 g/mol. The largest absolute Gasteiger partial charge is 0.508 e. The van der Waals surface area contributed by atoms with Gasteiger partial charge in [0.25, 0.3) is 6.43 Å². The van der Waals surface area contributed by atoms with Crippen molar-refractivity contribution in [1.29, 1.82) is 0 Å². The van der Waals surface area contributed by atoms with E-state index in [1.54, 1.807) is 24.3 Å². The maximum atomic E-state index is 13.8. The summed E-state index contributed by atoms with van der Waals surface area (Å²) in [7, 11) is 0. The van der Waals surface area contributed by atoms with Crippen LogP contribution in [0.4, 0.5) is 8.78 Å². The van der Waals surface area contributed by atoms with Gasteiger partial charge in [0, 0.05) is 11.6 Å². The third-order valence-electron chi connectivity index (χ3n) is 4.37. The van der Waals surface area contributed by atoms with Crippen LogP contribution in [0.2, 0.25) is 0 Å². The number of carbonyl (C=O) groups is 1. The molecule has 0 amide bonds. The first-order valence-corrected chi connectivity index (χ1v) is 8.58. The lowest BCUT2D eigenvalue weighted by Gasteiger charge is -2.14. The molecule has 0 aliphatic heterocycles. The van der Waals surface area contributed by atoms with Gasteiger partial charge in [-0.2, -0.15) is 0 Å². The molecule has 0 aromatic heterocycles. The zero-order chi connectivity index (χ0) is 20.3. The highest BCUT2D eigenvalue weighted by Gasteiger charge is 2.17. The summed E-state index contributed by atoms with van der Waals surface area (Å²) in [6.07, 6.45) is -0.410. The Labute approximate surface area is 161 Å². The highest BCUT2D eigenvalue weighted by atomic mass is 19.3. The molecule has 3 nitrogen and oxygen atoms in total. The summed E-state index contributed by atoms with van der Waals surface area (Å²) in [5.74, 6) is -1.18. The van der Waals surface area contributed by atoms with E-state index in [2.05, 4.69) is 0 Å². The van der Waals surface area contributed by atoms with Gasteiger partial charge in [0.2, 0.25) is 0 Å². The third-order valence-corrected chi connectivity index (χ3v) is 4.37. The Morgan fingerprint density at radius 1 is 0.964 bits per heavy atom. The van der Waals surface area contributed by atoms with E-state index in [9.17, 15) is 18.7 Å². The minimum Gasteiger partial charge on any atom is -0.508 e. The molecule has 3 rings (SSSR count). The SMILES string of the molecule is Cc1cccc(-c2ccc(-c3ccc(O)cc3/C=C/C(=O)O)cc2C(F)F)c1. The van der Waals surface area contributed by atoms with E-state index in [1.165, 1.54) is 24.3 Å². The topological polar surface area (TPSA) is 57.5 Å². The molecule has 5 heteroatoms. The van der Waals surface area contributed by atoms with E-state index in [0.29, 0.717) is 27.8 Å². The number of hydrogen-bond acceptors (Lipinski definition) is 2. The molecule has 0 aliphatic rings. The van der Waals surface area contributed by atoms with Crippen molar-refractivity contribution in [2.45, 2.75) is 13.3 Å². The second-order valence-electron chi connectivity index (χ2n) is 6.42. The van der Waals surface area contributed by atoms with E-state index >= 15 is 0 Å². The lowest BCUT2D eigenvalue weighted by atomic mass is 9.92. The number of phenolic OH excluding ortho intramolecular Hbond substituents is 1. The van der Waals surface area contributed by atoms with Crippen LogP contribution in [0.5, 0.6) is 5.75 Å². The Bertz CT molecular complexity index is 1060. The molecule has 0 atom stereocenters. The van der Waals surface area contributed by atoms with Crippen molar-refractivity contribution in [3.63, 3.8) is 0 Å². The number of carboxylic acids is 1. The van der Waals surface area contributed by atoms with Crippen molar-refractivity contribution in [3.05, 3.63) is 83.4 Å². The van der Waals surface area contributed by atoms with Gasteiger partial charge in [0.05, 0.1) is 0 Å². The second kappa shape index (κ2) is 8.05. The second-order valence-corrected chi connectivity index (χ2v) is 6.42. The highest BCUT2D eigenvalue weighted by Crippen LogP contribution is 2.36. The molecule has 0 saturated heterocycles. The summed E-state index contributed by atoms with van der Waals surface area (Å²) in [6, 6.07) is 16.5. The van der Waals surface area contributed by atoms with Crippen LogP contribution in [0, 0.1) is 6.92 Å². The summed E-state index contributed by atoms with van der Waals surface area (Å²) in [5.41, 5.74) is 3.50. The molecular weight excluding hydrogens is 362 g/mol. The number of halogens is 2. The number of hydrogen-bond donors (Lipinski definition) is 2. The summed E-state index contributed by atoms with van der Waals surface area (Å²) in [4.78, 5) is 10.8. The number of benzene rings is 3. The molecule has 0 bridgehead atoms.